The van der Waals surface area contributed by atoms with E-state index in [0.29, 0.717) is 5.92 Å². The summed E-state index contributed by atoms with van der Waals surface area (Å²) in [6, 6.07) is 63.9. The molecule has 0 amide bonds. The highest BCUT2D eigenvalue weighted by Gasteiger charge is 2.52. The van der Waals surface area contributed by atoms with E-state index in [2.05, 4.69) is 201 Å². The molecule has 7 aromatic rings. The zero-order chi connectivity index (χ0) is 36.9. The number of hydrogen-bond donors (Lipinski definition) is 0. The van der Waals surface area contributed by atoms with Gasteiger partial charge in [-0.1, -0.05) is 151 Å². The first-order valence-corrected chi connectivity index (χ1v) is 19.9. The molecule has 266 valence electrons. The van der Waals surface area contributed by atoms with Crippen LogP contribution in [0.15, 0.2) is 188 Å². The third kappa shape index (κ3) is 5.52. The van der Waals surface area contributed by atoms with Crippen LogP contribution in [-0.4, -0.2) is 0 Å². The van der Waals surface area contributed by atoms with Gasteiger partial charge < -0.3 is 4.90 Å². The topological polar surface area (TPSA) is 3.24 Å². The maximum atomic E-state index is 2.58. The standard InChI is InChI=1S/C54H45N/c1-37-15-13-19-41(33-37)45(40-17-5-3-6-18-40)30-27-39-28-31-48-49-32-29-44(55(42-20-7-4-8-21-42)43-22-14-16-38(2)34-43)36-53(49)54(52(48)35-39)50-25-11-9-23-46(50)47-24-10-12-26-51(47)54/h3-9,11-23,25-26,28-29,31-36,45H,10,24,27,30H2,1-2H3. The molecule has 0 saturated heterocycles. The Morgan fingerprint density at radius 1 is 0.527 bits per heavy atom. The van der Waals surface area contributed by atoms with Crippen molar-refractivity contribution in [3.8, 4) is 11.1 Å². The van der Waals surface area contributed by atoms with Gasteiger partial charge in [0.1, 0.15) is 0 Å². The molecule has 0 aliphatic heterocycles. The van der Waals surface area contributed by atoms with Gasteiger partial charge in [0.05, 0.1) is 5.41 Å². The Balaban J connectivity index is 1.14. The van der Waals surface area contributed by atoms with Gasteiger partial charge in [-0.3, -0.25) is 0 Å². The Labute approximate surface area is 326 Å². The van der Waals surface area contributed by atoms with Crippen molar-refractivity contribution >= 4 is 22.6 Å². The van der Waals surface area contributed by atoms with Crippen molar-refractivity contribution in [1.82, 2.24) is 0 Å². The van der Waals surface area contributed by atoms with E-state index in [0.717, 1.165) is 31.4 Å². The number of anilines is 3. The second kappa shape index (κ2) is 13.6. The molecule has 3 aliphatic rings. The molecule has 0 heterocycles. The molecule has 1 heteroatoms. The highest BCUT2D eigenvalue weighted by molar-refractivity contribution is 5.97. The Hall–Kier alpha value is -6.18. The zero-order valence-electron chi connectivity index (χ0n) is 31.7. The molecule has 1 nitrogen and oxygen atoms in total. The van der Waals surface area contributed by atoms with Gasteiger partial charge in [0, 0.05) is 23.0 Å². The molecule has 55 heavy (non-hydrogen) atoms. The van der Waals surface area contributed by atoms with Crippen LogP contribution < -0.4 is 4.90 Å². The summed E-state index contributed by atoms with van der Waals surface area (Å²) in [4.78, 5) is 2.43. The summed E-state index contributed by atoms with van der Waals surface area (Å²) in [5, 5.41) is 0. The van der Waals surface area contributed by atoms with E-state index in [1.807, 2.05) is 0 Å². The molecule has 2 unspecified atom stereocenters. The van der Waals surface area contributed by atoms with Crippen molar-refractivity contribution in [2.75, 3.05) is 4.90 Å². The molecular formula is C54H45N. The smallest absolute Gasteiger partial charge is 0.0723 e. The van der Waals surface area contributed by atoms with Crippen molar-refractivity contribution in [2.24, 2.45) is 0 Å². The number of rotatable bonds is 8. The fourth-order valence-electron chi connectivity index (χ4n) is 9.95. The lowest BCUT2D eigenvalue weighted by atomic mass is 9.68. The Kier molecular flexibility index (Phi) is 8.25. The summed E-state index contributed by atoms with van der Waals surface area (Å²) in [6.45, 7) is 4.39. The predicted molar refractivity (Wildman–Crippen MR) is 231 cm³/mol. The molecule has 7 aromatic carbocycles. The van der Waals surface area contributed by atoms with Crippen LogP contribution in [0.2, 0.25) is 0 Å². The van der Waals surface area contributed by atoms with Crippen molar-refractivity contribution in [3.63, 3.8) is 0 Å². The first-order chi connectivity index (χ1) is 27.1. The average molecular weight is 708 g/mol. The number of aryl methyl sites for hydroxylation is 3. The maximum Gasteiger partial charge on any atom is 0.0723 e. The lowest BCUT2D eigenvalue weighted by Gasteiger charge is -2.34. The molecule has 2 atom stereocenters. The summed E-state index contributed by atoms with van der Waals surface area (Å²) in [5.41, 5.74) is 21.2. The average Bonchev–Trinajstić information content (AvgIpc) is 3.69. The van der Waals surface area contributed by atoms with Gasteiger partial charge in [0.15, 0.2) is 0 Å². The Bertz CT molecular complexity index is 2630. The van der Waals surface area contributed by atoms with Gasteiger partial charge >= 0.3 is 0 Å². The highest BCUT2D eigenvalue weighted by atomic mass is 15.1. The first kappa shape index (κ1) is 33.4. The van der Waals surface area contributed by atoms with Gasteiger partial charge in [0.2, 0.25) is 0 Å². The van der Waals surface area contributed by atoms with E-state index in [-0.39, 0.29) is 5.41 Å². The minimum absolute atomic E-state index is 0.330. The maximum absolute atomic E-state index is 2.58. The molecular weight excluding hydrogens is 663 g/mol. The largest absolute Gasteiger partial charge is 0.310 e. The molecule has 0 bridgehead atoms. The van der Waals surface area contributed by atoms with E-state index in [1.165, 1.54) is 83.7 Å². The number of benzene rings is 7. The predicted octanol–water partition coefficient (Wildman–Crippen LogP) is 14.0. The number of fused-ring (bicyclic) bond motifs is 9. The lowest BCUT2D eigenvalue weighted by Crippen LogP contribution is -2.27. The molecule has 0 fully saturated rings. The van der Waals surface area contributed by atoms with E-state index >= 15 is 0 Å². The van der Waals surface area contributed by atoms with E-state index < -0.39 is 0 Å². The minimum atomic E-state index is -0.385. The lowest BCUT2D eigenvalue weighted by molar-refractivity contribution is 0.711. The van der Waals surface area contributed by atoms with Gasteiger partial charge in [-0.25, -0.2) is 0 Å². The molecule has 3 aliphatic carbocycles. The van der Waals surface area contributed by atoms with Crippen molar-refractivity contribution in [2.45, 2.75) is 50.9 Å². The van der Waals surface area contributed by atoms with Gasteiger partial charge in [0.25, 0.3) is 0 Å². The number of hydrogen-bond acceptors (Lipinski definition) is 1. The number of nitrogens with zero attached hydrogens (tertiary/aromatic N) is 1. The third-order valence-corrected chi connectivity index (χ3v) is 12.3. The first-order valence-electron chi connectivity index (χ1n) is 19.9. The number of allylic oxidation sites excluding steroid dienone is 4. The van der Waals surface area contributed by atoms with Crippen LogP contribution in [0.25, 0.3) is 16.7 Å². The minimum Gasteiger partial charge on any atom is -0.310 e. The summed E-state index contributed by atoms with van der Waals surface area (Å²) < 4.78 is 0. The normalized spacial score (nSPS) is 16.8. The van der Waals surface area contributed by atoms with Crippen LogP contribution in [0, 0.1) is 13.8 Å². The number of para-hydroxylation sites is 1. The second-order valence-electron chi connectivity index (χ2n) is 15.7. The van der Waals surface area contributed by atoms with E-state index in [4.69, 9.17) is 0 Å². The van der Waals surface area contributed by atoms with Crippen LogP contribution in [0.4, 0.5) is 17.1 Å². The van der Waals surface area contributed by atoms with Crippen molar-refractivity contribution in [3.05, 3.63) is 238 Å². The zero-order valence-corrected chi connectivity index (χ0v) is 31.7. The van der Waals surface area contributed by atoms with Crippen molar-refractivity contribution in [1.29, 1.82) is 0 Å². The molecule has 1 spiro atoms. The Morgan fingerprint density at radius 2 is 1.18 bits per heavy atom. The van der Waals surface area contributed by atoms with Gasteiger partial charge in [-0.2, -0.15) is 0 Å². The van der Waals surface area contributed by atoms with E-state index in [9.17, 15) is 0 Å². The second-order valence-corrected chi connectivity index (χ2v) is 15.7. The molecule has 0 saturated carbocycles. The summed E-state index contributed by atoms with van der Waals surface area (Å²) >= 11 is 0. The SMILES string of the molecule is Cc1cccc(C(CCc2ccc3c(c2)C2(C4=C(CCC=C4)c4ccccc42)c2cc(N(c4ccccc4)c4cccc(C)c4)ccc2-3)c2ccccc2)c1. The van der Waals surface area contributed by atoms with Crippen LogP contribution in [0.5, 0.6) is 0 Å². The fraction of sp³-hybridized carbons (Fsp3) is 0.148. The fourth-order valence-corrected chi connectivity index (χ4v) is 9.95. The van der Waals surface area contributed by atoms with Crippen LogP contribution in [0.3, 0.4) is 0 Å². The van der Waals surface area contributed by atoms with Gasteiger partial charge in [-0.05, 0) is 143 Å². The molecule has 0 aromatic heterocycles. The van der Waals surface area contributed by atoms with E-state index in [1.54, 1.807) is 0 Å². The van der Waals surface area contributed by atoms with Crippen molar-refractivity contribution < 1.29 is 0 Å². The summed E-state index contributed by atoms with van der Waals surface area (Å²) in [6.07, 6.45) is 9.07. The van der Waals surface area contributed by atoms with Crippen LogP contribution in [-0.2, 0) is 11.8 Å². The highest BCUT2D eigenvalue weighted by Crippen LogP contribution is 2.64. The van der Waals surface area contributed by atoms with Crippen LogP contribution in [0.1, 0.15) is 75.3 Å². The Morgan fingerprint density at radius 3 is 1.98 bits per heavy atom. The molecule has 0 radical (unpaired) electrons. The quantitative estimate of drug-likeness (QED) is 0.152. The van der Waals surface area contributed by atoms with Gasteiger partial charge in [-0.15, -0.1) is 0 Å². The monoisotopic (exact) mass is 707 g/mol. The molecule has 0 N–H and O–H groups in total. The van der Waals surface area contributed by atoms with Crippen LogP contribution >= 0.6 is 0 Å². The summed E-state index contributed by atoms with van der Waals surface area (Å²) in [7, 11) is 0. The summed E-state index contributed by atoms with van der Waals surface area (Å²) in [5.74, 6) is 0.330. The third-order valence-electron chi connectivity index (χ3n) is 12.3. The molecule has 10 rings (SSSR count).